The Labute approximate surface area is 151 Å². The summed E-state index contributed by atoms with van der Waals surface area (Å²) in [7, 11) is 1.53. The van der Waals surface area contributed by atoms with E-state index in [-0.39, 0.29) is 11.4 Å². The van der Waals surface area contributed by atoms with Crippen LogP contribution in [-0.2, 0) is 12.1 Å². The Morgan fingerprint density at radius 3 is 2.58 bits per heavy atom. The molecule has 3 heterocycles. The van der Waals surface area contributed by atoms with Gasteiger partial charge in [-0.3, -0.25) is 0 Å². The van der Waals surface area contributed by atoms with Crippen molar-refractivity contribution >= 4 is 11.0 Å². The van der Waals surface area contributed by atoms with Gasteiger partial charge in [-0.25, -0.2) is 9.97 Å². The van der Waals surface area contributed by atoms with Crippen molar-refractivity contribution in [1.82, 2.24) is 24.7 Å². The van der Waals surface area contributed by atoms with Crippen molar-refractivity contribution in [2.24, 2.45) is 0 Å². The number of hydrogen-bond donors (Lipinski definition) is 0. The zero-order valence-corrected chi connectivity index (χ0v) is 15.2. The van der Waals surface area contributed by atoms with E-state index >= 15 is 0 Å². The summed E-state index contributed by atoms with van der Waals surface area (Å²) in [6.07, 6.45) is 2.55. The van der Waals surface area contributed by atoms with E-state index in [0.717, 1.165) is 23.1 Å². The lowest BCUT2D eigenvalue weighted by Crippen LogP contribution is -2.28. The minimum atomic E-state index is -0.201. The van der Waals surface area contributed by atoms with Gasteiger partial charge in [-0.1, -0.05) is 6.92 Å². The summed E-state index contributed by atoms with van der Waals surface area (Å²) < 4.78 is 12.9. The SMILES string of the molecule is CCC(C)(C)n1c(COc2ccc(OC)nn2)cc2cnc(C#N)nc21. The first-order valence-corrected chi connectivity index (χ1v) is 8.27. The number of aromatic nitrogens is 5. The maximum Gasteiger partial charge on any atom is 0.234 e. The van der Waals surface area contributed by atoms with E-state index in [0.29, 0.717) is 18.4 Å². The molecular weight excluding hydrogens is 332 g/mol. The molecule has 134 valence electrons. The number of nitriles is 1. The molecule has 0 spiro atoms. The van der Waals surface area contributed by atoms with Crippen molar-refractivity contribution < 1.29 is 9.47 Å². The molecule has 0 fully saturated rings. The average Bonchev–Trinajstić information content (AvgIpc) is 3.04. The number of rotatable bonds is 6. The van der Waals surface area contributed by atoms with Crippen molar-refractivity contribution in [1.29, 1.82) is 5.26 Å². The van der Waals surface area contributed by atoms with Crippen molar-refractivity contribution in [3.63, 3.8) is 0 Å². The zero-order chi connectivity index (χ0) is 18.7. The van der Waals surface area contributed by atoms with Crippen LogP contribution in [0, 0.1) is 11.3 Å². The number of ether oxygens (including phenoxy) is 2. The normalized spacial score (nSPS) is 11.3. The average molecular weight is 352 g/mol. The van der Waals surface area contributed by atoms with Gasteiger partial charge in [-0.05, 0) is 26.3 Å². The molecule has 0 aliphatic carbocycles. The molecule has 0 aliphatic heterocycles. The number of methoxy groups -OCH3 is 1. The Morgan fingerprint density at radius 2 is 1.96 bits per heavy atom. The summed E-state index contributed by atoms with van der Waals surface area (Å²) in [5, 5.41) is 17.9. The third-order valence-electron chi connectivity index (χ3n) is 4.38. The maximum absolute atomic E-state index is 9.12. The summed E-state index contributed by atoms with van der Waals surface area (Å²) in [6.45, 7) is 6.65. The van der Waals surface area contributed by atoms with Crippen molar-refractivity contribution in [2.75, 3.05) is 7.11 Å². The fraction of sp³-hybridized carbons (Fsp3) is 0.389. The van der Waals surface area contributed by atoms with E-state index in [1.54, 1.807) is 18.3 Å². The van der Waals surface area contributed by atoms with Crippen LogP contribution >= 0.6 is 0 Å². The monoisotopic (exact) mass is 352 g/mol. The van der Waals surface area contributed by atoms with Gasteiger partial charge in [0.2, 0.25) is 17.6 Å². The molecule has 0 saturated carbocycles. The van der Waals surface area contributed by atoms with Gasteiger partial charge in [-0.2, -0.15) is 5.26 Å². The second-order valence-electron chi connectivity index (χ2n) is 6.42. The highest BCUT2D eigenvalue weighted by molar-refractivity contribution is 5.77. The van der Waals surface area contributed by atoms with E-state index in [1.165, 1.54) is 7.11 Å². The molecule has 0 bridgehead atoms. The molecule has 0 saturated heterocycles. The Balaban J connectivity index is 1.98. The smallest absolute Gasteiger partial charge is 0.234 e. The number of nitrogens with zero attached hydrogens (tertiary/aromatic N) is 6. The van der Waals surface area contributed by atoms with Crippen molar-refractivity contribution in [2.45, 2.75) is 39.3 Å². The van der Waals surface area contributed by atoms with Gasteiger partial charge in [0.15, 0.2) is 0 Å². The van der Waals surface area contributed by atoms with Gasteiger partial charge < -0.3 is 14.0 Å². The molecule has 0 aromatic carbocycles. The van der Waals surface area contributed by atoms with Crippen LogP contribution in [0.15, 0.2) is 24.4 Å². The zero-order valence-electron chi connectivity index (χ0n) is 15.2. The van der Waals surface area contributed by atoms with Crippen LogP contribution in [0.25, 0.3) is 11.0 Å². The van der Waals surface area contributed by atoms with Crippen LogP contribution in [-0.4, -0.2) is 31.8 Å². The molecule has 0 unspecified atom stereocenters. The third kappa shape index (κ3) is 3.28. The van der Waals surface area contributed by atoms with E-state index in [9.17, 15) is 0 Å². The lowest BCUT2D eigenvalue weighted by Gasteiger charge is -2.28. The Morgan fingerprint density at radius 1 is 1.23 bits per heavy atom. The summed E-state index contributed by atoms with van der Waals surface area (Å²) >= 11 is 0. The fourth-order valence-electron chi connectivity index (χ4n) is 2.68. The number of hydrogen-bond acceptors (Lipinski definition) is 7. The molecule has 8 nitrogen and oxygen atoms in total. The van der Waals surface area contributed by atoms with E-state index in [4.69, 9.17) is 14.7 Å². The molecule has 0 N–H and O–H groups in total. The van der Waals surface area contributed by atoms with E-state index in [2.05, 4.69) is 45.5 Å². The lowest BCUT2D eigenvalue weighted by molar-refractivity contribution is 0.257. The van der Waals surface area contributed by atoms with Crippen LogP contribution in [0.4, 0.5) is 0 Å². The summed E-state index contributed by atoms with van der Waals surface area (Å²) in [5.41, 5.74) is 1.45. The molecule has 3 aromatic rings. The molecule has 3 aromatic heterocycles. The standard InChI is InChI=1S/C18H20N6O2/c1-5-18(2,3)24-13(8-12-10-20-14(9-19)21-17(12)24)11-26-16-7-6-15(25-4)22-23-16/h6-8,10H,5,11H2,1-4H3. The van der Waals surface area contributed by atoms with Gasteiger partial charge in [-0.15, -0.1) is 10.2 Å². The third-order valence-corrected chi connectivity index (χ3v) is 4.38. The Hall–Kier alpha value is -3.21. The lowest BCUT2D eigenvalue weighted by atomic mass is 10.0. The highest BCUT2D eigenvalue weighted by atomic mass is 16.5. The second kappa shape index (κ2) is 6.96. The molecule has 0 amide bonds. The van der Waals surface area contributed by atoms with Crippen LogP contribution in [0.1, 0.15) is 38.7 Å². The topological polar surface area (TPSA) is 98.7 Å². The van der Waals surface area contributed by atoms with Crippen LogP contribution in [0.3, 0.4) is 0 Å². The Bertz CT molecular complexity index is 956. The summed E-state index contributed by atoms with van der Waals surface area (Å²) in [6, 6.07) is 7.37. The first-order valence-electron chi connectivity index (χ1n) is 8.27. The van der Waals surface area contributed by atoms with Crippen LogP contribution < -0.4 is 9.47 Å². The van der Waals surface area contributed by atoms with Gasteiger partial charge in [0.1, 0.15) is 18.3 Å². The van der Waals surface area contributed by atoms with Gasteiger partial charge in [0.05, 0.1) is 12.8 Å². The Kier molecular flexibility index (Phi) is 4.71. The number of fused-ring (bicyclic) bond motifs is 1. The predicted octanol–water partition coefficient (Wildman–Crippen LogP) is 2.83. The predicted molar refractivity (Wildman–Crippen MR) is 94.8 cm³/mol. The van der Waals surface area contributed by atoms with Crippen molar-refractivity contribution in [3.8, 4) is 17.8 Å². The molecule has 26 heavy (non-hydrogen) atoms. The largest absolute Gasteiger partial charge is 0.480 e. The minimum Gasteiger partial charge on any atom is -0.480 e. The molecule has 0 atom stereocenters. The van der Waals surface area contributed by atoms with E-state index < -0.39 is 0 Å². The summed E-state index contributed by atoms with van der Waals surface area (Å²) in [4.78, 5) is 8.46. The second-order valence-corrected chi connectivity index (χ2v) is 6.42. The van der Waals surface area contributed by atoms with Gasteiger partial charge in [0.25, 0.3) is 0 Å². The molecule has 0 radical (unpaired) electrons. The molecule has 3 rings (SSSR count). The highest BCUT2D eigenvalue weighted by Gasteiger charge is 2.25. The first-order chi connectivity index (χ1) is 12.5. The van der Waals surface area contributed by atoms with Crippen molar-refractivity contribution in [3.05, 3.63) is 35.9 Å². The molecular formula is C18H20N6O2. The summed E-state index contributed by atoms with van der Waals surface area (Å²) in [5.74, 6) is 0.982. The highest BCUT2D eigenvalue weighted by Crippen LogP contribution is 2.29. The van der Waals surface area contributed by atoms with Crippen LogP contribution in [0.2, 0.25) is 0 Å². The van der Waals surface area contributed by atoms with E-state index in [1.807, 2.05) is 12.1 Å². The van der Waals surface area contributed by atoms with Gasteiger partial charge >= 0.3 is 0 Å². The molecule has 8 heteroatoms. The van der Waals surface area contributed by atoms with Gasteiger partial charge in [0, 0.05) is 29.3 Å². The van der Waals surface area contributed by atoms with Crippen LogP contribution in [0.5, 0.6) is 11.8 Å². The molecule has 0 aliphatic rings. The first kappa shape index (κ1) is 17.6. The maximum atomic E-state index is 9.12. The fourth-order valence-corrected chi connectivity index (χ4v) is 2.68. The quantitative estimate of drug-likeness (QED) is 0.672. The minimum absolute atomic E-state index is 0.150.